The minimum atomic E-state index is -0.619. The predicted molar refractivity (Wildman–Crippen MR) is 61.2 cm³/mol. The second-order valence-electron chi connectivity index (χ2n) is 3.46. The molecule has 0 bridgehead atoms. The molecule has 0 aromatic heterocycles. The highest BCUT2D eigenvalue weighted by Gasteiger charge is 2.21. The molecule has 0 aliphatic carbocycles. The molecule has 6 heteroatoms. The Balaban J connectivity index is 2.16. The fraction of sp³-hybridized carbons (Fsp3) is 0.300. The quantitative estimate of drug-likeness (QED) is 0.852. The van der Waals surface area contributed by atoms with Crippen molar-refractivity contribution in [3.63, 3.8) is 0 Å². The smallest absolute Gasteiger partial charge is 0.251 e. The number of halogens is 3. The lowest BCUT2D eigenvalue weighted by atomic mass is 10.2. The first-order valence-electron chi connectivity index (χ1n) is 4.61. The number of hydrogen-bond acceptors (Lipinski definition) is 2. The van der Waals surface area contributed by atoms with Crippen molar-refractivity contribution in [3.8, 4) is 0 Å². The van der Waals surface area contributed by atoms with Crippen LogP contribution in [0.3, 0.4) is 0 Å². The van der Waals surface area contributed by atoms with Crippen molar-refractivity contribution in [2.45, 2.75) is 6.04 Å². The van der Waals surface area contributed by atoms with E-state index >= 15 is 0 Å². The molecule has 1 fully saturated rings. The zero-order chi connectivity index (χ0) is 11.7. The van der Waals surface area contributed by atoms with Crippen molar-refractivity contribution in [2.75, 3.05) is 13.2 Å². The molecule has 2 rings (SSSR count). The molecule has 0 radical (unpaired) electrons. The van der Waals surface area contributed by atoms with Gasteiger partial charge in [-0.3, -0.25) is 4.79 Å². The van der Waals surface area contributed by atoms with E-state index in [-0.39, 0.29) is 22.5 Å². The van der Waals surface area contributed by atoms with E-state index in [2.05, 4.69) is 21.2 Å². The maximum absolute atomic E-state index is 13.3. The number of carbonyl (C=O) groups excluding carboxylic acids is 1. The van der Waals surface area contributed by atoms with E-state index in [4.69, 9.17) is 16.3 Å². The Kier molecular flexibility index (Phi) is 3.47. The summed E-state index contributed by atoms with van der Waals surface area (Å²) < 4.78 is 18.6. The molecule has 3 nitrogen and oxygen atoms in total. The molecule has 1 aromatic rings. The van der Waals surface area contributed by atoms with E-state index < -0.39 is 5.82 Å². The molecule has 0 spiro atoms. The van der Waals surface area contributed by atoms with Crippen molar-refractivity contribution in [1.29, 1.82) is 0 Å². The second kappa shape index (κ2) is 4.69. The summed E-state index contributed by atoms with van der Waals surface area (Å²) >= 11 is 8.71. The maximum Gasteiger partial charge on any atom is 0.251 e. The molecule has 86 valence electrons. The summed E-state index contributed by atoms with van der Waals surface area (Å²) in [5, 5.41) is 2.69. The molecular formula is C10H8BrClFNO2. The molecule has 0 unspecified atom stereocenters. The topological polar surface area (TPSA) is 38.3 Å². The predicted octanol–water partition coefficient (Wildman–Crippen LogP) is 2.37. The second-order valence-corrected chi connectivity index (χ2v) is 4.69. The van der Waals surface area contributed by atoms with Gasteiger partial charge >= 0.3 is 0 Å². The average Bonchev–Trinajstić information content (AvgIpc) is 2.19. The number of ether oxygens (including phenoxy) is 1. The van der Waals surface area contributed by atoms with Crippen LogP contribution in [0.15, 0.2) is 16.6 Å². The molecular weight excluding hydrogens is 300 g/mol. The van der Waals surface area contributed by atoms with Gasteiger partial charge in [-0.1, -0.05) is 11.6 Å². The number of amides is 1. The minimum absolute atomic E-state index is 0.0185. The van der Waals surface area contributed by atoms with Crippen molar-refractivity contribution in [1.82, 2.24) is 5.32 Å². The van der Waals surface area contributed by atoms with Gasteiger partial charge in [0.2, 0.25) is 0 Å². The zero-order valence-corrected chi connectivity index (χ0v) is 10.4. The molecule has 0 atom stereocenters. The van der Waals surface area contributed by atoms with Gasteiger partial charge in [-0.05, 0) is 28.1 Å². The van der Waals surface area contributed by atoms with Crippen LogP contribution in [0.5, 0.6) is 0 Å². The largest absolute Gasteiger partial charge is 0.377 e. The van der Waals surface area contributed by atoms with Gasteiger partial charge in [0.15, 0.2) is 0 Å². The Morgan fingerprint density at radius 3 is 2.75 bits per heavy atom. The molecule has 1 heterocycles. The van der Waals surface area contributed by atoms with Gasteiger partial charge in [-0.15, -0.1) is 0 Å². The number of hydrogen-bond donors (Lipinski definition) is 1. The van der Waals surface area contributed by atoms with Crippen LogP contribution in [-0.2, 0) is 4.74 Å². The number of carbonyl (C=O) groups is 1. The lowest BCUT2D eigenvalue weighted by Gasteiger charge is -2.26. The Labute approximate surface area is 105 Å². The molecule has 1 amide bonds. The average molecular weight is 309 g/mol. The van der Waals surface area contributed by atoms with Crippen molar-refractivity contribution >= 4 is 33.4 Å². The third-order valence-electron chi connectivity index (χ3n) is 2.22. The van der Waals surface area contributed by atoms with Gasteiger partial charge in [0, 0.05) is 10.0 Å². The van der Waals surface area contributed by atoms with Gasteiger partial charge in [0.1, 0.15) is 5.82 Å². The first-order valence-corrected chi connectivity index (χ1v) is 5.78. The summed E-state index contributed by atoms with van der Waals surface area (Å²) in [5.74, 6) is -0.949. The third kappa shape index (κ3) is 2.36. The SMILES string of the molecule is O=C(NC1COC1)c1cc(F)c(Cl)c(Br)c1. The summed E-state index contributed by atoms with van der Waals surface area (Å²) in [6.45, 7) is 1.01. The Morgan fingerprint density at radius 1 is 1.56 bits per heavy atom. The lowest BCUT2D eigenvalue weighted by molar-refractivity contribution is -0.00346. The highest BCUT2D eigenvalue weighted by Crippen LogP contribution is 2.26. The van der Waals surface area contributed by atoms with Crippen molar-refractivity contribution < 1.29 is 13.9 Å². The van der Waals surface area contributed by atoms with E-state index in [1.54, 1.807) is 0 Å². The first kappa shape index (κ1) is 11.8. The lowest BCUT2D eigenvalue weighted by Crippen LogP contribution is -2.48. The zero-order valence-electron chi connectivity index (χ0n) is 8.10. The fourth-order valence-electron chi connectivity index (χ4n) is 1.27. The number of nitrogens with one attached hydrogen (secondary N) is 1. The number of rotatable bonds is 2. The fourth-order valence-corrected chi connectivity index (χ4v) is 1.82. The van der Waals surface area contributed by atoms with E-state index in [1.165, 1.54) is 6.07 Å². The van der Waals surface area contributed by atoms with Crippen LogP contribution in [-0.4, -0.2) is 25.2 Å². The highest BCUT2D eigenvalue weighted by molar-refractivity contribution is 9.10. The van der Waals surface area contributed by atoms with Crippen LogP contribution >= 0.6 is 27.5 Å². The summed E-state index contributed by atoms with van der Waals surface area (Å²) in [6, 6.07) is 2.62. The molecule has 1 aliphatic rings. The Morgan fingerprint density at radius 2 is 2.25 bits per heavy atom. The van der Waals surface area contributed by atoms with E-state index in [0.717, 1.165) is 6.07 Å². The molecule has 16 heavy (non-hydrogen) atoms. The van der Waals surface area contributed by atoms with Crippen LogP contribution in [0.1, 0.15) is 10.4 Å². The van der Waals surface area contributed by atoms with Gasteiger partial charge < -0.3 is 10.1 Å². The van der Waals surface area contributed by atoms with Crippen molar-refractivity contribution in [2.24, 2.45) is 0 Å². The van der Waals surface area contributed by atoms with Crippen LogP contribution < -0.4 is 5.32 Å². The third-order valence-corrected chi connectivity index (χ3v) is 3.46. The number of benzene rings is 1. The Hall–Kier alpha value is -0.650. The van der Waals surface area contributed by atoms with Gasteiger partial charge in [0.05, 0.1) is 24.3 Å². The van der Waals surface area contributed by atoms with Crippen molar-refractivity contribution in [3.05, 3.63) is 33.0 Å². The van der Waals surface area contributed by atoms with Crippen LogP contribution in [0.2, 0.25) is 5.02 Å². The van der Waals surface area contributed by atoms with E-state index in [9.17, 15) is 9.18 Å². The summed E-state index contributed by atoms with van der Waals surface area (Å²) in [4.78, 5) is 11.7. The van der Waals surface area contributed by atoms with Crippen LogP contribution in [0.25, 0.3) is 0 Å². The molecule has 1 aliphatic heterocycles. The normalized spacial score (nSPS) is 15.7. The standard InChI is InChI=1S/C10H8BrClFNO2/c11-7-1-5(2-8(13)9(7)12)10(15)14-6-3-16-4-6/h1-2,6H,3-4H2,(H,14,15). The van der Waals surface area contributed by atoms with E-state index in [1.807, 2.05) is 0 Å². The van der Waals surface area contributed by atoms with Crippen LogP contribution in [0, 0.1) is 5.82 Å². The molecule has 0 saturated carbocycles. The minimum Gasteiger partial charge on any atom is -0.377 e. The monoisotopic (exact) mass is 307 g/mol. The van der Waals surface area contributed by atoms with Gasteiger partial charge in [0.25, 0.3) is 5.91 Å². The molecule has 1 N–H and O–H groups in total. The molecule has 1 saturated heterocycles. The first-order chi connectivity index (χ1) is 7.58. The summed E-state index contributed by atoms with van der Waals surface area (Å²) in [7, 11) is 0. The van der Waals surface area contributed by atoms with Gasteiger partial charge in [-0.25, -0.2) is 4.39 Å². The van der Waals surface area contributed by atoms with E-state index in [0.29, 0.717) is 17.7 Å². The summed E-state index contributed by atoms with van der Waals surface area (Å²) in [5.41, 5.74) is 0.237. The summed E-state index contributed by atoms with van der Waals surface area (Å²) in [6.07, 6.45) is 0. The maximum atomic E-state index is 13.3. The van der Waals surface area contributed by atoms with Gasteiger partial charge in [-0.2, -0.15) is 0 Å². The Bertz CT molecular complexity index is 414. The van der Waals surface area contributed by atoms with Crippen LogP contribution in [0.4, 0.5) is 4.39 Å². The highest BCUT2D eigenvalue weighted by atomic mass is 79.9. The molecule has 1 aromatic carbocycles.